The van der Waals surface area contributed by atoms with Crippen LogP contribution in [0.2, 0.25) is 0 Å². The van der Waals surface area contributed by atoms with E-state index in [9.17, 15) is 0 Å². The zero-order valence-corrected chi connectivity index (χ0v) is 11.4. The Hall–Kier alpha value is -1.67. The van der Waals surface area contributed by atoms with Crippen LogP contribution in [-0.2, 0) is 4.74 Å². The third-order valence-electron chi connectivity index (χ3n) is 3.27. The molecule has 18 heavy (non-hydrogen) atoms. The molecule has 0 spiro atoms. The summed E-state index contributed by atoms with van der Waals surface area (Å²) in [7, 11) is 1.73. The predicted octanol–water partition coefficient (Wildman–Crippen LogP) is 4.07. The topological polar surface area (TPSA) is 22.1 Å². The quantitative estimate of drug-likeness (QED) is 0.808. The van der Waals surface area contributed by atoms with Crippen LogP contribution >= 0.6 is 0 Å². The number of pyridine rings is 1. The van der Waals surface area contributed by atoms with E-state index in [1.165, 1.54) is 16.7 Å². The Morgan fingerprint density at radius 2 is 1.67 bits per heavy atom. The van der Waals surface area contributed by atoms with Gasteiger partial charge in [0.05, 0.1) is 6.10 Å². The Bertz CT molecular complexity index is 531. The molecule has 0 aliphatic carbocycles. The molecule has 0 fully saturated rings. The number of rotatable bonds is 3. The van der Waals surface area contributed by atoms with Crippen LogP contribution in [0.25, 0.3) is 11.1 Å². The number of hydrogen-bond donors (Lipinski definition) is 0. The Kier molecular flexibility index (Phi) is 3.78. The number of ether oxygens (including phenoxy) is 1. The van der Waals surface area contributed by atoms with Gasteiger partial charge in [0, 0.05) is 24.1 Å². The van der Waals surface area contributed by atoms with Gasteiger partial charge in [0.2, 0.25) is 0 Å². The van der Waals surface area contributed by atoms with Gasteiger partial charge in [-0.25, -0.2) is 0 Å². The average Bonchev–Trinajstić information content (AvgIpc) is 2.38. The van der Waals surface area contributed by atoms with E-state index in [4.69, 9.17) is 4.74 Å². The molecule has 1 aromatic carbocycles. The van der Waals surface area contributed by atoms with Gasteiger partial charge < -0.3 is 4.74 Å². The maximum absolute atomic E-state index is 5.31. The maximum atomic E-state index is 5.31. The summed E-state index contributed by atoms with van der Waals surface area (Å²) in [6.45, 7) is 6.11. The summed E-state index contributed by atoms with van der Waals surface area (Å²) >= 11 is 0. The summed E-state index contributed by atoms with van der Waals surface area (Å²) in [5, 5.41) is 0. The molecule has 0 amide bonds. The normalized spacial score (nSPS) is 12.4. The van der Waals surface area contributed by atoms with E-state index in [0.29, 0.717) is 0 Å². The highest BCUT2D eigenvalue weighted by Crippen LogP contribution is 2.25. The first-order valence-corrected chi connectivity index (χ1v) is 6.19. The second-order valence-corrected chi connectivity index (χ2v) is 4.59. The molecule has 1 atom stereocenters. The lowest BCUT2D eigenvalue weighted by Gasteiger charge is -2.11. The Balaban J connectivity index is 2.34. The highest BCUT2D eigenvalue weighted by molar-refractivity contribution is 5.66. The van der Waals surface area contributed by atoms with Crippen LogP contribution in [0.1, 0.15) is 30.0 Å². The van der Waals surface area contributed by atoms with Gasteiger partial charge in [0.15, 0.2) is 0 Å². The monoisotopic (exact) mass is 241 g/mol. The number of aromatic nitrogens is 1. The molecular weight excluding hydrogens is 222 g/mol. The van der Waals surface area contributed by atoms with Crippen molar-refractivity contribution in [3.05, 3.63) is 53.3 Å². The minimum atomic E-state index is 0.135. The first kappa shape index (κ1) is 12.8. The molecule has 0 radical (unpaired) electrons. The molecule has 2 nitrogen and oxygen atoms in total. The first-order chi connectivity index (χ1) is 8.61. The van der Waals surface area contributed by atoms with Crippen LogP contribution < -0.4 is 0 Å². The summed E-state index contributed by atoms with van der Waals surface area (Å²) in [6, 6.07) is 12.7. The van der Waals surface area contributed by atoms with Crippen molar-refractivity contribution < 1.29 is 4.74 Å². The SMILES string of the molecule is COC(C)c1ccc(-c2ccc(C)nc2C)cc1. The second-order valence-electron chi connectivity index (χ2n) is 4.59. The van der Waals surface area contributed by atoms with Crippen molar-refractivity contribution in [3.8, 4) is 11.1 Å². The predicted molar refractivity (Wildman–Crippen MR) is 74.6 cm³/mol. The van der Waals surface area contributed by atoms with Crippen molar-refractivity contribution in [1.82, 2.24) is 4.98 Å². The number of methoxy groups -OCH3 is 1. The lowest BCUT2D eigenvalue weighted by molar-refractivity contribution is 0.119. The van der Waals surface area contributed by atoms with Crippen molar-refractivity contribution in [1.29, 1.82) is 0 Å². The molecule has 0 saturated carbocycles. The van der Waals surface area contributed by atoms with Gasteiger partial charge in [-0.2, -0.15) is 0 Å². The Labute approximate surface area is 109 Å². The van der Waals surface area contributed by atoms with E-state index >= 15 is 0 Å². The fraction of sp³-hybridized carbons (Fsp3) is 0.312. The molecule has 1 heterocycles. The maximum Gasteiger partial charge on any atom is 0.0793 e. The van der Waals surface area contributed by atoms with Gasteiger partial charge in [-0.3, -0.25) is 4.98 Å². The molecule has 2 rings (SSSR count). The van der Waals surface area contributed by atoms with Gasteiger partial charge in [-0.15, -0.1) is 0 Å². The fourth-order valence-corrected chi connectivity index (χ4v) is 2.06. The molecule has 0 N–H and O–H groups in total. The first-order valence-electron chi connectivity index (χ1n) is 6.19. The van der Waals surface area contributed by atoms with Gasteiger partial charge in [-0.05, 0) is 38.0 Å². The Morgan fingerprint density at radius 3 is 2.22 bits per heavy atom. The number of aryl methyl sites for hydroxylation is 2. The standard InChI is InChI=1S/C16H19NO/c1-11-5-10-16(12(2)17-11)15-8-6-14(7-9-15)13(3)18-4/h5-10,13H,1-4H3. The summed E-state index contributed by atoms with van der Waals surface area (Å²) in [5.74, 6) is 0. The summed E-state index contributed by atoms with van der Waals surface area (Å²) in [6.07, 6.45) is 0.135. The fourth-order valence-electron chi connectivity index (χ4n) is 2.06. The van der Waals surface area contributed by atoms with E-state index in [-0.39, 0.29) is 6.10 Å². The van der Waals surface area contributed by atoms with Crippen LogP contribution in [-0.4, -0.2) is 12.1 Å². The largest absolute Gasteiger partial charge is 0.377 e. The molecule has 94 valence electrons. The molecule has 2 aromatic rings. The second kappa shape index (κ2) is 5.32. The molecule has 1 unspecified atom stereocenters. The molecule has 0 aliphatic heterocycles. The van der Waals surface area contributed by atoms with E-state index in [0.717, 1.165) is 11.4 Å². The zero-order chi connectivity index (χ0) is 13.1. The molecule has 1 aromatic heterocycles. The Morgan fingerprint density at radius 1 is 1.00 bits per heavy atom. The lowest BCUT2D eigenvalue weighted by atomic mass is 10.0. The molecule has 0 saturated heterocycles. The van der Waals surface area contributed by atoms with Gasteiger partial charge in [-0.1, -0.05) is 30.3 Å². The van der Waals surface area contributed by atoms with Crippen molar-refractivity contribution in [2.45, 2.75) is 26.9 Å². The van der Waals surface area contributed by atoms with Crippen molar-refractivity contribution in [2.24, 2.45) is 0 Å². The van der Waals surface area contributed by atoms with E-state index in [2.05, 4.69) is 35.3 Å². The van der Waals surface area contributed by atoms with Crippen LogP contribution in [0.5, 0.6) is 0 Å². The highest BCUT2D eigenvalue weighted by atomic mass is 16.5. The van der Waals surface area contributed by atoms with E-state index in [1.54, 1.807) is 7.11 Å². The van der Waals surface area contributed by atoms with Gasteiger partial charge >= 0.3 is 0 Å². The van der Waals surface area contributed by atoms with E-state index < -0.39 is 0 Å². The minimum Gasteiger partial charge on any atom is -0.377 e. The van der Waals surface area contributed by atoms with Crippen molar-refractivity contribution in [3.63, 3.8) is 0 Å². The van der Waals surface area contributed by atoms with Crippen molar-refractivity contribution >= 4 is 0 Å². The lowest BCUT2D eigenvalue weighted by Crippen LogP contribution is -1.95. The van der Waals surface area contributed by atoms with Gasteiger partial charge in [0.1, 0.15) is 0 Å². The van der Waals surface area contributed by atoms with Crippen LogP contribution in [0.4, 0.5) is 0 Å². The summed E-state index contributed by atoms with van der Waals surface area (Å²) in [5.41, 5.74) is 5.71. The average molecular weight is 241 g/mol. The number of nitrogens with zero attached hydrogens (tertiary/aromatic N) is 1. The van der Waals surface area contributed by atoms with Crippen LogP contribution in [0.3, 0.4) is 0 Å². The van der Waals surface area contributed by atoms with Gasteiger partial charge in [0.25, 0.3) is 0 Å². The third kappa shape index (κ3) is 2.59. The molecule has 0 bridgehead atoms. The van der Waals surface area contributed by atoms with Crippen molar-refractivity contribution in [2.75, 3.05) is 7.11 Å². The van der Waals surface area contributed by atoms with Crippen LogP contribution in [0, 0.1) is 13.8 Å². The minimum absolute atomic E-state index is 0.135. The summed E-state index contributed by atoms with van der Waals surface area (Å²) < 4.78 is 5.31. The summed E-state index contributed by atoms with van der Waals surface area (Å²) in [4.78, 5) is 4.50. The highest BCUT2D eigenvalue weighted by Gasteiger charge is 2.06. The number of hydrogen-bond acceptors (Lipinski definition) is 2. The smallest absolute Gasteiger partial charge is 0.0793 e. The van der Waals surface area contributed by atoms with E-state index in [1.807, 2.05) is 26.8 Å². The molecular formula is C16H19NO. The van der Waals surface area contributed by atoms with Crippen LogP contribution in [0.15, 0.2) is 36.4 Å². The molecule has 0 aliphatic rings. The number of benzene rings is 1. The zero-order valence-electron chi connectivity index (χ0n) is 11.4. The third-order valence-corrected chi connectivity index (χ3v) is 3.27. The molecule has 2 heteroatoms.